The largest absolute Gasteiger partial charge is 0.337 e. The molecule has 6 heteroatoms. The van der Waals surface area contributed by atoms with E-state index in [2.05, 4.69) is 5.32 Å². The molecule has 2 aliphatic heterocycles. The third-order valence-corrected chi connectivity index (χ3v) is 5.38. The minimum absolute atomic E-state index is 0.0728. The number of likely N-dealkylation sites (tertiary alicyclic amines) is 1. The first kappa shape index (κ1) is 16.1. The van der Waals surface area contributed by atoms with Crippen molar-refractivity contribution in [1.82, 2.24) is 4.90 Å². The highest BCUT2D eigenvalue weighted by Gasteiger charge is 2.49. The van der Waals surface area contributed by atoms with Gasteiger partial charge in [0.05, 0.1) is 16.0 Å². The van der Waals surface area contributed by atoms with E-state index in [-0.39, 0.29) is 22.4 Å². The standard InChI is InChI=1S/C19H16ClFN2O2/c20-15-10-12(21)6-7-13(15)17(24)23-9-3-8-19(11-23)14-4-1-2-5-16(14)22-18(19)25/h1-2,4-7,10H,3,8-9,11H2,(H,22,25)/t19-/m1/s1. The van der Waals surface area contributed by atoms with Crippen LogP contribution in [0.4, 0.5) is 10.1 Å². The van der Waals surface area contributed by atoms with Crippen LogP contribution >= 0.6 is 11.6 Å². The molecule has 0 radical (unpaired) electrons. The molecular weight excluding hydrogens is 343 g/mol. The average molecular weight is 359 g/mol. The highest BCUT2D eigenvalue weighted by molar-refractivity contribution is 6.33. The number of hydrogen-bond donors (Lipinski definition) is 1. The Morgan fingerprint density at radius 2 is 2.04 bits per heavy atom. The number of anilines is 1. The molecule has 25 heavy (non-hydrogen) atoms. The van der Waals surface area contributed by atoms with Crippen molar-refractivity contribution >= 4 is 29.1 Å². The lowest BCUT2D eigenvalue weighted by atomic mass is 9.75. The van der Waals surface area contributed by atoms with Crippen LogP contribution in [0, 0.1) is 5.82 Å². The Labute approximate surface area is 149 Å². The number of piperidine rings is 1. The van der Waals surface area contributed by atoms with E-state index in [4.69, 9.17) is 11.6 Å². The second-order valence-electron chi connectivity index (χ2n) is 6.54. The zero-order chi connectivity index (χ0) is 17.6. The molecule has 1 fully saturated rings. The van der Waals surface area contributed by atoms with Gasteiger partial charge in [0.2, 0.25) is 5.91 Å². The van der Waals surface area contributed by atoms with Crippen LogP contribution in [0.25, 0.3) is 0 Å². The fourth-order valence-corrected chi connectivity index (χ4v) is 4.09. The SMILES string of the molecule is O=C(c1ccc(F)cc1Cl)N1CCC[C@]2(C1)C(=O)Nc1ccccc12. The maximum Gasteiger partial charge on any atom is 0.255 e. The summed E-state index contributed by atoms with van der Waals surface area (Å²) in [6, 6.07) is 11.3. The fourth-order valence-electron chi connectivity index (χ4n) is 3.84. The van der Waals surface area contributed by atoms with E-state index in [1.165, 1.54) is 12.1 Å². The molecule has 1 saturated heterocycles. The number of amides is 2. The molecule has 2 aliphatic rings. The number of carbonyl (C=O) groups is 2. The third-order valence-electron chi connectivity index (χ3n) is 5.07. The number of para-hydroxylation sites is 1. The van der Waals surface area contributed by atoms with E-state index in [1.54, 1.807) is 4.90 Å². The summed E-state index contributed by atoms with van der Waals surface area (Å²) in [5.74, 6) is -0.835. The molecule has 4 nitrogen and oxygen atoms in total. The Balaban J connectivity index is 1.68. The lowest BCUT2D eigenvalue weighted by Gasteiger charge is -2.39. The van der Waals surface area contributed by atoms with Gasteiger partial charge in [0.15, 0.2) is 0 Å². The van der Waals surface area contributed by atoms with Gasteiger partial charge in [-0.25, -0.2) is 4.39 Å². The van der Waals surface area contributed by atoms with Crippen LogP contribution in [0.2, 0.25) is 5.02 Å². The molecule has 4 rings (SSSR count). The van der Waals surface area contributed by atoms with Crippen LogP contribution in [0.15, 0.2) is 42.5 Å². The van der Waals surface area contributed by atoms with Crippen molar-refractivity contribution in [3.8, 4) is 0 Å². The van der Waals surface area contributed by atoms with E-state index in [0.717, 1.165) is 17.3 Å². The van der Waals surface area contributed by atoms with Crippen LogP contribution in [-0.2, 0) is 10.2 Å². The van der Waals surface area contributed by atoms with E-state index >= 15 is 0 Å². The molecule has 2 heterocycles. The van der Waals surface area contributed by atoms with Gasteiger partial charge >= 0.3 is 0 Å². The highest BCUT2D eigenvalue weighted by atomic mass is 35.5. The first-order valence-corrected chi connectivity index (χ1v) is 8.54. The van der Waals surface area contributed by atoms with Crippen LogP contribution in [-0.4, -0.2) is 29.8 Å². The number of benzene rings is 2. The number of fused-ring (bicyclic) bond motifs is 2. The molecule has 0 aromatic heterocycles. The molecule has 2 amide bonds. The minimum Gasteiger partial charge on any atom is -0.337 e. The lowest BCUT2D eigenvalue weighted by molar-refractivity contribution is -0.122. The molecule has 2 aromatic carbocycles. The van der Waals surface area contributed by atoms with Crippen molar-refractivity contribution in [3.63, 3.8) is 0 Å². The number of nitrogens with zero attached hydrogens (tertiary/aromatic N) is 1. The third kappa shape index (κ3) is 2.50. The predicted molar refractivity (Wildman–Crippen MR) is 93.3 cm³/mol. The number of carbonyl (C=O) groups excluding carboxylic acids is 2. The van der Waals surface area contributed by atoms with Crippen molar-refractivity contribution in [3.05, 3.63) is 64.4 Å². The van der Waals surface area contributed by atoms with E-state index in [9.17, 15) is 14.0 Å². The fraction of sp³-hybridized carbons (Fsp3) is 0.263. The number of halogens is 2. The number of hydrogen-bond acceptors (Lipinski definition) is 2. The highest BCUT2D eigenvalue weighted by Crippen LogP contribution is 2.43. The minimum atomic E-state index is -0.725. The maximum absolute atomic E-state index is 13.2. The summed E-state index contributed by atoms with van der Waals surface area (Å²) < 4.78 is 13.2. The van der Waals surface area contributed by atoms with Crippen molar-refractivity contribution in [1.29, 1.82) is 0 Å². The summed E-state index contributed by atoms with van der Waals surface area (Å²) in [5.41, 5.74) is 1.27. The van der Waals surface area contributed by atoms with Crippen molar-refractivity contribution in [2.75, 3.05) is 18.4 Å². The number of rotatable bonds is 1. The molecule has 1 N–H and O–H groups in total. The monoisotopic (exact) mass is 358 g/mol. The molecule has 128 valence electrons. The lowest BCUT2D eigenvalue weighted by Crippen LogP contribution is -2.51. The van der Waals surface area contributed by atoms with Gasteiger partial charge in [-0.05, 0) is 42.7 Å². The van der Waals surface area contributed by atoms with Gasteiger partial charge in [-0.1, -0.05) is 29.8 Å². The Morgan fingerprint density at radius 1 is 1.24 bits per heavy atom. The van der Waals surface area contributed by atoms with Gasteiger partial charge in [0.1, 0.15) is 5.82 Å². The molecule has 0 saturated carbocycles. The zero-order valence-corrected chi connectivity index (χ0v) is 14.1. The maximum atomic E-state index is 13.2. The van der Waals surface area contributed by atoms with Gasteiger partial charge in [-0.3, -0.25) is 9.59 Å². The Bertz CT molecular complexity index is 885. The van der Waals surface area contributed by atoms with Gasteiger partial charge < -0.3 is 10.2 Å². The summed E-state index contributed by atoms with van der Waals surface area (Å²) in [5, 5.41) is 3.01. The number of nitrogens with one attached hydrogen (secondary N) is 1. The van der Waals surface area contributed by atoms with E-state index in [1.807, 2.05) is 24.3 Å². The summed E-state index contributed by atoms with van der Waals surface area (Å²) in [6.07, 6.45) is 1.41. The van der Waals surface area contributed by atoms with Crippen LogP contribution in [0.1, 0.15) is 28.8 Å². The van der Waals surface area contributed by atoms with Gasteiger partial charge in [0.25, 0.3) is 5.91 Å². The van der Waals surface area contributed by atoms with Crippen molar-refractivity contribution in [2.45, 2.75) is 18.3 Å². The van der Waals surface area contributed by atoms with E-state index < -0.39 is 11.2 Å². The molecule has 0 unspecified atom stereocenters. The molecule has 1 atom stereocenters. The quantitative estimate of drug-likeness (QED) is 0.846. The van der Waals surface area contributed by atoms with E-state index in [0.29, 0.717) is 25.9 Å². The summed E-state index contributed by atoms with van der Waals surface area (Å²) in [7, 11) is 0. The summed E-state index contributed by atoms with van der Waals surface area (Å²) in [4.78, 5) is 27.2. The van der Waals surface area contributed by atoms with Crippen molar-refractivity contribution in [2.24, 2.45) is 0 Å². The molecule has 0 bridgehead atoms. The van der Waals surface area contributed by atoms with Gasteiger partial charge in [-0.2, -0.15) is 0 Å². The second kappa shape index (κ2) is 5.85. The van der Waals surface area contributed by atoms with Crippen LogP contribution in [0.5, 0.6) is 0 Å². The first-order chi connectivity index (χ1) is 12.0. The molecule has 0 aliphatic carbocycles. The Kier molecular flexibility index (Phi) is 3.76. The average Bonchev–Trinajstić information content (AvgIpc) is 2.86. The van der Waals surface area contributed by atoms with Gasteiger partial charge in [-0.15, -0.1) is 0 Å². The first-order valence-electron chi connectivity index (χ1n) is 8.16. The zero-order valence-electron chi connectivity index (χ0n) is 13.4. The Morgan fingerprint density at radius 3 is 2.84 bits per heavy atom. The Hall–Kier alpha value is -2.40. The van der Waals surface area contributed by atoms with Crippen LogP contribution < -0.4 is 5.32 Å². The molecular formula is C19H16ClFN2O2. The summed E-state index contributed by atoms with van der Waals surface area (Å²) >= 11 is 6.04. The smallest absolute Gasteiger partial charge is 0.255 e. The molecule has 2 aromatic rings. The van der Waals surface area contributed by atoms with Crippen molar-refractivity contribution < 1.29 is 14.0 Å². The molecule has 1 spiro atoms. The predicted octanol–water partition coefficient (Wildman–Crippen LogP) is 3.61. The second-order valence-corrected chi connectivity index (χ2v) is 6.94. The van der Waals surface area contributed by atoms with Gasteiger partial charge in [0, 0.05) is 18.8 Å². The topological polar surface area (TPSA) is 49.4 Å². The summed E-state index contributed by atoms with van der Waals surface area (Å²) in [6.45, 7) is 0.839. The van der Waals surface area contributed by atoms with Crippen LogP contribution in [0.3, 0.4) is 0 Å². The normalized spacial score (nSPS) is 22.0.